The van der Waals surface area contributed by atoms with Gasteiger partial charge in [0, 0.05) is 23.2 Å². The van der Waals surface area contributed by atoms with Crippen molar-refractivity contribution in [3.05, 3.63) is 28.8 Å². The Morgan fingerprint density at radius 1 is 1.50 bits per heavy atom. The van der Waals surface area contributed by atoms with Crippen molar-refractivity contribution < 1.29 is 9.53 Å². The van der Waals surface area contributed by atoms with E-state index in [9.17, 15) is 4.79 Å². The number of rotatable bonds is 5. The molecule has 5 heteroatoms. The van der Waals surface area contributed by atoms with E-state index in [1.165, 1.54) is 0 Å². The molecule has 4 nitrogen and oxygen atoms in total. The van der Waals surface area contributed by atoms with Gasteiger partial charge in [-0.1, -0.05) is 11.6 Å². The first-order valence-corrected chi connectivity index (χ1v) is 6.32. The van der Waals surface area contributed by atoms with E-state index in [0.29, 0.717) is 17.3 Å². The molecule has 1 aromatic carbocycles. The first kappa shape index (κ1) is 14.8. The third-order valence-corrected chi connectivity index (χ3v) is 2.72. The zero-order chi connectivity index (χ0) is 13.7. The van der Waals surface area contributed by atoms with Crippen LogP contribution in [0.5, 0.6) is 5.75 Å². The second-order valence-corrected chi connectivity index (χ2v) is 4.56. The molecule has 1 aromatic rings. The Morgan fingerprint density at radius 2 is 2.17 bits per heavy atom. The summed E-state index contributed by atoms with van der Waals surface area (Å²) in [7, 11) is 0. The summed E-state index contributed by atoms with van der Waals surface area (Å²) in [5.74, 6) is 0.441. The topological polar surface area (TPSA) is 64.3 Å². The quantitative estimate of drug-likeness (QED) is 0.863. The molecule has 100 valence electrons. The second kappa shape index (κ2) is 6.61. The normalized spacial score (nSPS) is 13.8. The van der Waals surface area contributed by atoms with Crippen LogP contribution < -0.4 is 15.8 Å². The number of ether oxygens (including phenoxy) is 1. The maximum absolute atomic E-state index is 11.6. The van der Waals surface area contributed by atoms with E-state index in [-0.39, 0.29) is 11.9 Å². The summed E-state index contributed by atoms with van der Waals surface area (Å²) in [5, 5.41) is 3.30. The summed E-state index contributed by atoms with van der Waals surface area (Å²) in [6.07, 6.45) is -0.566. The Kier molecular flexibility index (Phi) is 5.44. The van der Waals surface area contributed by atoms with Crippen LogP contribution in [-0.2, 0) is 4.79 Å². The molecule has 0 bridgehead atoms. The van der Waals surface area contributed by atoms with Gasteiger partial charge in [0.2, 0.25) is 0 Å². The van der Waals surface area contributed by atoms with Crippen LogP contribution in [0.2, 0.25) is 5.02 Å². The van der Waals surface area contributed by atoms with Crippen LogP contribution in [0.4, 0.5) is 0 Å². The van der Waals surface area contributed by atoms with Crippen molar-refractivity contribution in [1.82, 2.24) is 5.32 Å². The van der Waals surface area contributed by atoms with Gasteiger partial charge in [0.1, 0.15) is 5.75 Å². The van der Waals surface area contributed by atoms with Crippen LogP contribution in [0.1, 0.15) is 32.4 Å². The second-order valence-electron chi connectivity index (χ2n) is 4.13. The number of likely N-dealkylation sites (N-methyl/N-ethyl adjacent to an activating group) is 1. The van der Waals surface area contributed by atoms with Gasteiger partial charge in [0.15, 0.2) is 6.10 Å². The largest absolute Gasteiger partial charge is 0.481 e. The molecule has 0 radical (unpaired) electrons. The molecule has 0 saturated carbocycles. The van der Waals surface area contributed by atoms with Gasteiger partial charge in [0.05, 0.1) is 0 Å². The highest BCUT2D eigenvalue weighted by molar-refractivity contribution is 6.30. The fraction of sp³-hybridized carbons (Fsp3) is 0.462. The smallest absolute Gasteiger partial charge is 0.260 e. The number of carbonyl (C=O) groups is 1. The number of hydrogen-bond acceptors (Lipinski definition) is 3. The summed E-state index contributed by atoms with van der Waals surface area (Å²) in [6, 6.07) is 5.00. The number of hydrogen-bond donors (Lipinski definition) is 2. The number of halogens is 1. The van der Waals surface area contributed by atoms with E-state index < -0.39 is 6.10 Å². The van der Waals surface area contributed by atoms with E-state index in [1.54, 1.807) is 25.1 Å². The zero-order valence-corrected chi connectivity index (χ0v) is 11.6. The molecule has 0 saturated heterocycles. The lowest BCUT2D eigenvalue weighted by atomic mass is 10.1. The number of nitrogens with one attached hydrogen (secondary N) is 1. The monoisotopic (exact) mass is 270 g/mol. The number of carbonyl (C=O) groups excluding carboxylic acids is 1. The lowest BCUT2D eigenvalue weighted by Crippen LogP contribution is -2.36. The van der Waals surface area contributed by atoms with E-state index >= 15 is 0 Å². The van der Waals surface area contributed by atoms with Gasteiger partial charge in [-0.15, -0.1) is 0 Å². The summed E-state index contributed by atoms with van der Waals surface area (Å²) in [5.41, 5.74) is 6.65. The highest BCUT2D eigenvalue weighted by Gasteiger charge is 2.16. The van der Waals surface area contributed by atoms with Gasteiger partial charge < -0.3 is 15.8 Å². The lowest BCUT2D eigenvalue weighted by molar-refractivity contribution is -0.127. The molecule has 1 rings (SSSR count). The molecule has 2 atom stereocenters. The Bertz CT molecular complexity index is 421. The van der Waals surface area contributed by atoms with Crippen molar-refractivity contribution in [2.75, 3.05) is 6.54 Å². The molecular weight excluding hydrogens is 252 g/mol. The SMILES string of the molecule is CCNC(=O)C(C)Oc1ccc(Cl)cc1[C@@H](C)N. The van der Waals surface area contributed by atoms with E-state index in [4.69, 9.17) is 22.1 Å². The molecule has 0 heterocycles. The molecule has 3 N–H and O–H groups in total. The van der Waals surface area contributed by atoms with Crippen molar-refractivity contribution in [2.24, 2.45) is 5.73 Å². The molecule has 0 aliphatic heterocycles. The average Bonchev–Trinajstić information content (AvgIpc) is 2.31. The Hall–Kier alpha value is -1.26. The molecule has 1 unspecified atom stereocenters. The molecule has 0 aromatic heterocycles. The van der Waals surface area contributed by atoms with Crippen molar-refractivity contribution >= 4 is 17.5 Å². The summed E-state index contributed by atoms with van der Waals surface area (Å²) < 4.78 is 5.63. The summed E-state index contributed by atoms with van der Waals surface area (Å²) in [6.45, 7) is 5.98. The van der Waals surface area contributed by atoms with Crippen LogP contribution in [0.3, 0.4) is 0 Å². The standard InChI is InChI=1S/C13H19ClN2O2/c1-4-16-13(17)9(3)18-12-6-5-10(14)7-11(12)8(2)15/h5-9H,4,15H2,1-3H3,(H,16,17)/t8-,9?/m1/s1. The van der Waals surface area contributed by atoms with Gasteiger partial charge in [-0.3, -0.25) is 4.79 Å². The highest BCUT2D eigenvalue weighted by atomic mass is 35.5. The Morgan fingerprint density at radius 3 is 2.72 bits per heavy atom. The molecule has 18 heavy (non-hydrogen) atoms. The van der Waals surface area contributed by atoms with Crippen LogP contribution in [0, 0.1) is 0 Å². The first-order chi connectivity index (χ1) is 8.45. The fourth-order valence-electron chi connectivity index (χ4n) is 1.54. The predicted octanol–water partition coefficient (Wildman–Crippen LogP) is 2.26. The number of amides is 1. The van der Waals surface area contributed by atoms with Gasteiger partial charge in [-0.2, -0.15) is 0 Å². The molecule has 0 fully saturated rings. The van der Waals surface area contributed by atoms with Crippen molar-refractivity contribution in [2.45, 2.75) is 32.9 Å². The van der Waals surface area contributed by atoms with Crippen LogP contribution in [-0.4, -0.2) is 18.6 Å². The maximum atomic E-state index is 11.6. The maximum Gasteiger partial charge on any atom is 0.260 e. The minimum absolute atomic E-state index is 0.150. The molecule has 0 spiro atoms. The summed E-state index contributed by atoms with van der Waals surface area (Å²) in [4.78, 5) is 11.6. The number of nitrogens with two attached hydrogens (primary N) is 1. The summed E-state index contributed by atoms with van der Waals surface area (Å²) >= 11 is 5.92. The van der Waals surface area contributed by atoms with E-state index in [2.05, 4.69) is 5.32 Å². The number of benzene rings is 1. The van der Waals surface area contributed by atoms with Gasteiger partial charge >= 0.3 is 0 Å². The highest BCUT2D eigenvalue weighted by Crippen LogP contribution is 2.28. The minimum atomic E-state index is -0.566. The van der Waals surface area contributed by atoms with Gasteiger partial charge in [-0.05, 0) is 39.0 Å². The van der Waals surface area contributed by atoms with E-state index in [1.807, 2.05) is 13.8 Å². The van der Waals surface area contributed by atoms with Crippen molar-refractivity contribution in [1.29, 1.82) is 0 Å². The molecule has 0 aliphatic carbocycles. The Balaban J connectivity index is 2.87. The molecular formula is C13H19ClN2O2. The zero-order valence-electron chi connectivity index (χ0n) is 10.9. The van der Waals surface area contributed by atoms with Crippen LogP contribution >= 0.6 is 11.6 Å². The minimum Gasteiger partial charge on any atom is -0.481 e. The van der Waals surface area contributed by atoms with Crippen molar-refractivity contribution in [3.8, 4) is 5.75 Å². The third kappa shape index (κ3) is 3.89. The van der Waals surface area contributed by atoms with E-state index in [0.717, 1.165) is 5.56 Å². The van der Waals surface area contributed by atoms with Gasteiger partial charge in [0.25, 0.3) is 5.91 Å². The third-order valence-electron chi connectivity index (χ3n) is 2.49. The fourth-order valence-corrected chi connectivity index (χ4v) is 1.72. The average molecular weight is 271 g/mol. The van der Waals surface area contributed by atoms with Gasteiger partial charge in [-0.25, -0.2) is 0 Å². The first-order valence-electron chi connectivity index (χ1n) is 5.95. The molecule has 0 aliphatic rings. The predicted molar refractivity (Wildman–Crippen MR) is 72.8 cm³/mol. The van der Waals surface area contributed by atoms with Crippen LogP contribution in [0.25, 0.3) is 0 Å². The Labute approximate surface area is 112 Å². The van der Waals surface area contributed by atoms with Crippen molar-refractivity contribution in [3.63, 3.8) is 0 Å². The van der Waals surface area contributed by atoms with Crippen LogP contribution in [0.15, 0.2) is 18.2 Å². The molecule has 1 amide bonds. The lowest BCUT2D eigenvalue weighted by Gasteiger charge is -2.18.